The molecule has 0 bridgehead atoms. The van der Waals surface area contributed by atoms with Crippen LogP contribution in [0.5, 0.6) is 0 Å². The summed E-state index contributed by atoms with van der Waals surface area (Å²) in [7, 11) is 3.70. The minimum atomic E-state index is 0.586. The highest BCUT2D eigenvalue weighted by molar-refractivity contribution is 5.88. The van der Waals surface area contributed by atoms with Crippen LogP contribution in [0.15, 0.2) is 18.8 Å². The van der Waals surface area contributed by atoms with Crippen molar-refractivity contribution < 1.29 is 4.79 Å². The Bertz CT molecular complexity index is 332. The average molecular weight is 176 g/mol. The van der Waals surface area contributed by atoms with Crippen molar-refractivity contribution in [1.29, 1.82) is 0 Å². The molecule has 0 saturated heterocycles. The van der Waals surface area contributed by atoms with Gasteiger partial charge < -0.3 is 4.90 Å². The van der Waals surface area contributed by atoms with Gasteiger partial charge in [0.25, 0.3) is 0 Å². The number of rotatable bonds is 3. The molecule has 0 saturated carbocycles. The number of anilines is 1. The summed E-state index contributed by atoms with van der Waals surface area (Å²) in [4.78, 5) is 16.7. The zero-order valence-corrected chi connectivity index (χ0v) is 7.82. The Kier molecular flexibility index (Phi) is 2.80. The topological polar surface area (TPSA) is 33.2 Å². The molecule has 68 valence electrons. The maximum absolute atomic E-state index is 10.8. The number of nitrogens with zero attached hydrogens (tertiary/aromatic N) is 2. The molecule has 1 aromatic rings. The second kappa shape index (κ2) is 3.85. The van der Waals surface area contributed by atoms with Crippen molar-refractivity contribution in [2.24, 2.45) is 0 Å². The van der Waals surface area contributed by atoms with E-state index in [-0.39, 0.29) is 0 Å². The zero-order valence-electron chi connectivity index (χ0n) is 7.82. The zero-order chi connectivity index (χ0) is 9.84. The lowest BCUT2D eigenvalue weighted by Gasteiger charge is -2.14. The monoisotopic (exact) mass is 176 g/mol. The largest absolute Gasteiger partial charge is 0.362 e. The van der Waals surface area contributed by atoms with E-state index in [9.17, 15) is 4.79 Å². The Morgan fingerprint density at radius 3 is 2.69 bits per heavy atom. The van der Waals surface area contributed by atoms with E-state index < -0.39 is 0 Å². The number of carbonyl (C=O) groups excluding carboxylic acids is 1. The first-order chi connectivity index (χ1) is 6.20. The number of aromatic nitrogens is 1. The van der Waals surface area contributed by atoms with E-state index in [0.29, 0.717) is 11.4 Å². The van der Waals surface area contributed by atoms with Crippen LogP contribution in [0.1, 0.15) is 15.9 Å². The first-order valence-electron chi connectivity index (χ1n) is 3.94. The third-order valence-corrected chi connectivity index (χ3v) is 1.76. The molecule has 13 heavy (non-hydrogen) atoms. The molecule has 0 radical (unpaired) electrons. The van der Waals surface area contributed by atoms with Gasteiger partial charge in [-0.3, -0.25) is 4.79 Å². The molecule has 3 nitrogen and oxygen atoms in total. The van der Waals surface area contributed by atoms with E-state index >= 15 is 0 Å². The van der Waals surface area contributed by atoms with Crippen molar-refractivity contribution in [2.75, 3.05) is 19.0 Å². The van der Waals surface area contributed by atoms with E-state index in [0.717, 1.165) is 11.8 Å². The number of aldehydes is 1. The van der Waals surface area contributed by atoms with Crippen LogP contribution in [0, 0.1) is 0 Å². The van der Waals surface area contributed by atoms with E-state index in [1.807, 2.05) is 14.1 Å². The molecule has 0 aliphatic heterocycles. The number of pyridine rings is 1. The molecule has 1 aromatic heterocycles. The molecule has 3 heteroatoms. The van der Waals surface area contributed by atoms with Gasteiger partial charge in [0.2, 0.25) is 0 Å². The molecule has 0 aromatic carbocycles. The lowest BCUT2D eigenvalue weighted by molar-refractivity contribution is 0.112. The molecule has 0 fully saturated rings. The van der Waals surface area contributed by atoms with Gasteiger partial charge in [-0.05, 0) is 11.6 Å². The summed E-state index contributed by atoms with van der Waals surface area (Å²) >= 11 is 0. The van der Waals surface area contributed by atoms with Gasteiger partial charge in [0.1, 0.15) is 5.82 Å². The van der Waals surface area contributed by atoms with Gasteiger partial charge in [-0.2, -0.15) is 0 Å². The van der Waals surface area contributed by atoms with E-state index in [1.165, 1.54) is 0 Å². The van der Waals surface area contributed by atoms with Gasteiger partial charge in [-0.25, -0.2) is 4.98 Å². The van der Waals surface area contributed by atoms with E-state index in [2.05, 4.69) is 11.6 Å². The van der Waals surface area contributed by atoms with Gasteiger partial charge >= 0.3 is 0 Å². The van der Waals surface area contributed by atoms with E-state index in [4.69, 9.17) is 0 Å². The summed E-state index contributed by atoms with van der Waals surface area (Å²) in [5.74, 6) is 0.674. The summed E-state index contributed by atoms with van der Waals surface area (Å²) in [6, 6.07) is 1.77. The van der Waals surface area contributed by atoms with Gasteiger partial charge in [0.05, 0.1) is 5.56 Å². The van der Waals surface area contributed by atoms with Crippen LogP contribution in [0.25, 0.3) is 6.08 Å². The smallest absolute Gasteiger partial charge is 0.154 e. The maximum atomic E-state index is 10.8. The Balaban J connectivity index is 3.35. The highest BCUT2D eigenvalue weighted by Gasteiger charge is 2.07. The first-order valence-corrected chi connectivity index (χ1v) is 3.94. The molecule has 1 rings (SSSR count). The van der Waals surface area contributed by atoms with Crippen molar-refractivity contribution in [3.05, 3.63) is 30.0 Å². The third kappa shape index (κ3) is 1.75. The number of hydrogen-bond donors (Lipinski definition) is 0. The minimum Gasteiger partial charge on any atom is -0.362 e. The average Bonchev–Trinajstić information content (AvgIpc) is 2.16. The fourth-order valence-electron chi connectivity index (χ4n) is 1.13. The molecule has 0 aliphatic carbocycles. The Labute approximate surface area is 77.7 Å². The highest BCUT2D eigenvalue weighted by atomic mass is 16.1. The highest BCUT2D eigenvalue weighted by Crippen LogP contribution is 2.17. The maximum Gasteiger partial charge on any atom is 0.154 e. The fraction of sp³-hybridized carbons (Fsp3) is 0.200. The van der Waals surface area contributed by atoms with Crippen LogP contribution in [-0.4, -0.2) is 25.4 Å². The molecular formula is C10H12N2O. The summed E-state index contributed by atoms with van der Waals surface area (Å²) in [6.45, 7) is 3.63. The molecule has 0 amide bonds. The predicted octanol–water partition coefficient (Wildman–Crippen LogP) is 1.60. The van der Waals surface area contributed by atoms with Crippen LogP contribution in [0.2, 0.25) is 0 Å². The molecule has 0 unspecified atom stereocenters. The van der Waals surface area contributed by atoms with Gasteiger partial charge in [0.15, 0.2) is 6.29 Å². The van der Waals surface area contributed by atoms with Crippen molar-refractivity contribution in [2.45, 2.75) is 0 Å². The molecule has 0 aliphatic rings. The van der Waals surface area contributed by atoms with Crippen LogP contribution < -0.4 is 4.90 Å². The molecular weight excluding hydrogens is 164 g/mol. The first kappa shape index (κ1) is 9.45. The Hall–Kier alpha value is -1.64. The second-order valence-corrected chi connectivity index (χ2v) is 2.85. The molecule has 0 atom stereocenters. The molecule has 0 spiro atoms. The summed E-state index contributed by atoms with van der Waals surface area (Å²) in [6.07, 6.45) is 4.12. The van der Waals surface area contributed by atoms with Gasteiger partial charge in [0, 0.05) is 20.3 Å². The number of hydrogen-bond acceptors (Lipinski definition) is 3. The summed E-state index contributed by atoms with van der Waals surface area (Å²) < 4.78 is 0. The lowest BCUT2D eigenvalue weighted by atomic mass is 10.1. The van der Waals surface area contributed by atoms with Crippen molar-refractivity contribution in [3.8, 4) is 0 Å². The molecule has 0 N–H and O–H groups in total. The van der Waals surface area contributed by atoms with Gasteiger partial charge in [-0.1, -0.05) is 12.7 Å². The normalized spacial score (nSPS) is 9.38. The number of carbonyl (C=O) groups is 1. The van der Waals surface area contributed by atoms with Crippen LogP contribution in [0.4, 0.5) is 5.82 Å². The summed E-state index contributed by atoms with van der Waals surface area (Å²) in [5, 5.41) is 0. The summed E-state index contributed by atoms with van der Waals surface area (Å²) in [5.41, 5.74) is 1.40. The van der Waals surface area contributed by atoms with Crippen molar-refractivity contribution in [3.63, 3.8) is 0 Å². The quantitative estimate of drug-likeness (QED) is 0.656. The second-order valence-electron chi connectivity index (χ2n) is 2.85. The molecule has 1 heterocycles. The Morgan fingerprint density at radius 2 is 2.23 bits per heavy atom. The standard InChI is InChI=1S/C10H12N2O/c1-4-8-5-6-11-10(12(2)3)9(8)7-13/h4-7H,1H2,2-3H3. The van der Waals surface area contributed by atoms with E-state index in [1.54, 1.807) is 23.2 Å². The van der Waals surface area contributed by atoms with Crippen LogP contribution in [0.3, 0.4) is 0 Å². The van der Waals surface area contributed by atoms with Crippen molar-refractivity contribution in [1.82, 2.24) is 4.98 Å². The van der Waals surface area contributed by atoms with Crippen molar-refractivity contribution >= 4 is 18.2 Å². The minimum absolute atomic E-state index is 0.586. The Morgan fingerprint density at radius 1 is 1.54 bits per heavy atom. The lowest BCUT2D eigenvalue weighted by Crippen LogP contribution is -2.13. The third-order valence-electron chi connectivity index (χ3n) is 1.76. The van der Waals surface area contributed by atoms with Gasteiger partial charge in [-0.15, -0.1) is 0 Å². The fourth-order valence-corrected chi connectivity index (χ4v) is 1.13. The SMILES string of the molecule is C=Cc1ccnc(N(C)C)c1C=O. The van der Waals surface area contributed by atoms with Crippen LogP contribution >= 0.6 is 0 Å². The van der Waals surface area contributed by atoms with Crippen LogP contribution in [-0.2, 0) is 0 Å². The predicted molar refractivity (Wildman–Crippen MR) is 54.0 cm³/mol.